The van der Waals surface area contributed by atoms with Gasteiger partial charge in [0.15, 0.2) is 5.96 Å². The van der Waals surface area contributed by atoms with E-state index < -0.39 is 0 Å². The van der Waals surface area contributed by atoms with Gasteiger partial charge in [-0.3, -0.25) is 4.99 Å². The van der Waals surface area contributed by atoms with Crippen molar-refractivity contribution in [3.63, 3.8) is 0 Å². The van der Waals surface area contributed by atoms with Crippen molar-refractivity contribution in [2.45, 2.75) is 31.9 Å². The molecule has 1 unspecified atom stereocenters. The molecule has 1 aromatic rings. The Morgan fingerprint density at radius 2 is 2.08 bits per heavy atom. The lowest BCUT2D eigenvalue weighted by atomic mass is 10.0. The number of rotatable bonds is 5. The highest BCUT2D eigenvalue weighted by molar-refractivity contribution is 9.10. The van der Waals surface area contributed by atoms with Crippen molar-refractivity contribution in [1.82, 2.24) is 10.6 Å². The number of ether oxygens (including phenoxy) is 2. The summed E-state index contributed by atoms with van der Waals surface area (Å²) < 4.78 is 12.4. The van der Waals surface area contributed by atoms with Crippen LogP contribution in [0.1, 0.15) is 25.3 Å². The Balaban J connectivity index is 1.60. The van der Waals surface area contributed by atoms with E-state index in [-0.39, 0.29) is 5.60 Å². The van der Waals surface area contributed by atoms with Gasteiger partial charge in [-0.15, -0.1) is 0 Å². The number of hydrogen-bond donors (Lipinski definition) is 2. The second-order valence-corrected chi connectivity index (χ2v) is 7.97. The van der Waals surface area contributed by atoms with Crippen molar-refractivity contribution < 1.29 is 9.47 Å². The second kappa shape index (κ2) is 9.06. The predicted molar refractivity (Wildman–Crippen MR) is 109 cm³/mol. The van der Waals surface area contributed by atoms with E-state index in [1.54, 1.807) is 7.05 Å². The monoisotopic (exact) mass is 424 g/mol. The van der Waals surface area contributed by atoms with E-state index in [1.807, 2.05) is 0 Å². The minimum atomic E-state index is -0.0891. The normalized spacial score (nSPS) is 24.0. The van der Waals surface area contributed by atoms with Gasteiger partial charge in [0.2, 0.25) is 0 Å². The molecule has 0 bridgehead atoms. The lowest BCUT2D eigenvalue weighted by Gasteiger charge is -2.31. The molecule has 2 heterocycles. The number of nitrogens with zero attached hydrogens (tertiary/aromatic N) is 2. The Morgan fingerprint density at radius 1 is 1.27 bits per heavy atom. The number of guanidine groups is 1. The first-order valence-corrected chi connectivity index (χ1v) is 10.1. The number of nitrogens with one attached hydrogen (secondary N) is 2. The molecule has 3 rings (SSSR count). The number of halogens is 1. The molecule has 26 heavy (non-hydrogen) atoms. The van der Waals surface area contributed by atoms with Crippen molar-refractivity contribution in [3.05, 3.63) is 28.2 Å². The third-order valence-electron chi connectivity index (χ3n) is 5.00. The molecule has 0 radical (unpaired) electrons. The number of hydrogen-bond acceptors (Lipinski definition) is 4. The van der Waals surface area contributed by atoms with Crippen LogP contribution in [-0.2, 0) is 16.0 Å². The molecule has 0 spiro atoms. The molecule has 2 saturated heterocycles. The summed E-state index contributed by atoms with van der Waals surface area (Å²) in [5.74, 6) is 0.803. The molecule has 2 fully saturated rings. The molecule has 2 N–H and O–H groups in total. The topological polar surface area (TPSA) is 58.1 Å². The summed E-state index contributed by atoms with van der Waals surface area (Å²) in [5, 5.41) is 6.84. The Morgan fingerprint density at radius 3 is 2.77 bits per heavy atom. The Hall–Kier alpha value is -1.31. The zero-order valence-electron chi connectivity index (χ0n) is 15.7. The van der Waals surface area contributed by atoms with Crippen LogP contribution in [0.25, 0.3) is 0 Å². The van der Waals surface area contributed by atoms with Gasteiger partial charge in [0.05, 0.1) is 18.8 Å². The van der Waals surface area contributed by atoms with E-state index in [0.717, 1.165) is 69.3 Å². The van der Waals surface area contributed by atoms with Gasteiger partial charge in [0, 0.05) is 50.0 Å². The van der Waals surface area contributed by atoms with Crippen LogP contribution in [0.5, 0.6) is 0 Å². The number of morpholine rings is 1. The molecule has 0 amide bonds. The van der Waals surface area contributed by atoms with Crippen LogP contribution < -0.4 is 15.5 Å². The molecule has 144 valence electrons. The molecule has 1 atom stereocenters. The zero-order valence-corrected chi connectivity index (χ0v) is 17.3. The molecular formula is C19H29BrN4O2. The fraction of sp³-hybridized carbons (Fsp3) is 0.632. The van der Waals surface area contributed by atoms with Crippen LogP contribution in [0, 0.1) is 0 Å². The predicted octanol–water partition coefficient (Wildman–Crippen LogP) is 2.52. The van der Waals surface area contributed by atoms with Gasteiger partial charge in [-0.05, 0) is 37.5 Å². The Labute approximate surface area is 164 Å². The first-order valence-electron chi connectivity index (χ1n) is 9.29. The summed E-state index contributed by atoms with van der Waals surface area (Å²) >= 11 is 3.60. The molecule has 0 aliphatic carbocycles. The van der Waals surface area contributed by atoms with Crippen LogP contribution in [0.15, 0.2) is 27.7 Å². The third kappa shape index (κ3) is 5.11. The minimum Gasteiger partial charge on any atom is -0.378 e. The first-order chi connectivity index (χ1) is 12.6. The molecule has 0 saturated carbocycles. The highest BCUT2D eigenvalue weighted by atomic mass is 79.9. The Kier molecular flexibility index (Phi) is 6.78. The summed E-state index contributed by atoms with van der Waals surface area (Å²) in [6.45, 7) is 7.90. The average Bonchev–Trinajstić information content (AvgIpc) is 3.10. The van der Waals surface area contributed by atoms with E-state index in [4.69, 9.17) is 9.47 Å². The summed E-state index contributed by atoms with van der Waals surface area (Å²) in [6, 6.07) is 6.44. The van der Waals surface area contributed by atoms with Crippen LogP contribution in [-0.4, -0.2) is 58.1 Å². The fourth-order valence-electron chi connectivity index (χ4n) is 3.43. The highest BCUT2D eigenvalue weighted by Gasteiger charge is 2.29. The second-order valence-electron chi connectivity index (χ2n) is 7.05. The molecule has 6 nitrogen and oxygen atoms in total. The van der Waals surface area contributed by atoms with E-state index in [9.17, 15) is 0 Å². The fourth-order valence-corrected chi connectivity index (χ4v) is 3.78. The molecular weight excluding hydrogens is 396 g/mol. The first kappa shape index (κ1) is 19.5. The van der Waals surface area contributed by atoms with Crippen LogP contribution >= 0.6 is 15.9 Å². The number of aliphatic imine (C=N–C) groups is 1. The quantitative estimate of drug-likeness (QED) is 0.561. The summed E-state index contributed by atoms with van der Waals surface area (Å²) in [6.07, 6.45) is 2.22. The van der Waals surface area contributed by atoms with E-state index in [2.05, 4.69) is 61.6 Å². The lowest BCUT2D eigenvalue weighted by Crippen LogP contribution is -2.45. The van der Waals surface area contributed by atoms with Crippen molar-refractivity contribution in [2.75, 3.05) is 51.4 Å². The largest absolute Gasteiger partial charge is 0.378 e. The maximum Gasteiger partial charge on any atom is 0.191 e. The smallest absolute Gasteiger partial charge is 0.191 e. The Bertz CT molecular complexity index is 626. The summed E-state index contributed by atoms with van der Waals surface area (Å²) in [7, 11) is 1.80. The SMILES string of the molecule is CN=C(NCc1ccc(Br)cc1N1CCOCC1)NCC1(C)CCCO1. The lowest BCUT2D eigenvalue weighted by molar-refractivity contribution is 0.0243. The van der Waals surface area contributed by atoms with Crippen molar-refractivity contribution in [3.8, 4) is 0 Å². The average molecular weight is 425 g/mol. The van der Waals surface area contributed by atoms with E-state index in [0.29, 0.717) is 0 Å². The van der Waals surface area contributed by atoms with E-state index >= 15 is 0 Å². The summed E-state index contributed by atoms with van der Waals surface area (Å²) in [5.41, 5.74) is 2.41. The van der Waals surface area contributed by atoms with Gasteiger partial charge < -0.3 is 25.0 Å². The standard InChI is InChI=1S/C19H29BrN4O2/c1-19(6-3-9-26-19)14-23-18(21-2)22-13-15-4-5-16(20)12-17(15)24-7-10-25-11-8-24/h4-5,12H,3,6-11,13-14H2,1-2H3,(H2,21,22,23). The van der Waals surface area contributed by atoms with Gasteiger partial charge in [0.25, 0.3) is 0 Å². The molecule has 2 aliphatic heterocycles. The molecule has 0 aromatic heterocycles. The molecule has 7 heteroatoms. The highest BCUT2D eigenvalue weighted by Crippen LogP contribution is 2.26. The zero-order chi connectivity index (χ0) is 18.4. The van der Waals surface area contributed by atoms with Gasteiger partial charge in [-0.1, -0.05) is 22.0 Å². The van der Waals surface area contributed by atoms with Crippen molar-refractivity contribution in [1.29, 1.82) is 0 Å². The molecule has 1 aromatic carbocycles. The summed E-state index contributed by atoms with van der Waals surface area (Å²) in [4.78, 5) is 6.73. The molecule has 2 aliphatic rings. The van der Waals surface area contributed by atoms with Gasteiger partial charge in [0.1, 0.15) is 0 Å². The number of benzene rings is 1. The van der Waals surface area contributed by atoms with Crippen LogP contribution in [0.2, 0.25) is 0 Å². The van der Waals surface area contributed by atoms with Crippen molar-refractivity contribution >= 4 is 27.6 Å². The van der Waals surface area contributed by atoms with Crippen molar-refractivity contribution in [2.24, 2.45) is 4.99 Å². The maximum absolute atomic E-state index is 5.84. The minimum absolute atomic E-state index is 0.0891. The van der Waals surface area contributed by atoms with E-state index in [1.165, 1.54) is 11.3 Å². The van der Waals surface area contributed by atoms with Gasteiger partial charge >= 0.3 is 0 Å². The maximum atomic E-state index is 5.84. The van der Waals surface area contributed by atoms with Crippen LogP contribution in [0.3, 0.4) is 0 Å². The van der Waals surface area contributed by atoms with Gasteiger partial charge in [-0.2, -0.15) is 0 Å². The third-order valence-corrected chi connectivity index (χ3v) is 5.49. The van der Waals surface area contributed by atoms with Crippen LogP contribution in [0.4, 0.5) is 5.69 Å². The van der Waals surface area contributed by atoms with Gasteiger partial charge in [-0.25, -0.2) is 0 Å². The number of anilines is 1.